The summed E-state index contributed by atoms with van der Waals surface area (Å²) in [6, 6.07) is 1.05. The molecule has 7 heteroatoms. The molecule has 0 aromatic heterocycles. The number of hydrogen-bond donors (Lipinski definition) is 0. The molecule has 1 saturated carbocycles. The number of rotatable bonds is 3. The highest BCUT2D eigenvalue weighted by molar-refractivity contribution is 5.98. The molecule has 1 aromatic rings. The molecule has 1 fully saturated rings. The van der Waals surface area contributed by atoms with Gasteiger partial charge in [0.2, 0.25) is 0 Å². The van der Waals surface area contributed by atoms with Crippen LogP contribution in [-0.4, -0.2) is 28.8 Å². The number of halogens is 2. The van der Waals surface area contributed by atoms with Crippen LogP contribution in [0.4, 0.5) is 14.5 Å². The minimum absolute atomic E-state index is 0.0148. The number of carbonyl (C=O) groups is 1. The van der Waals surface area contributed by atoms with Gasteiger partial charge in [-0.3, -0.25) is 14.9 Å². The van der Waals surface area contributed by atoms with Crippen LogP contribution in [0.3, 0.4) is 0 Å². The van der Waals surface area contributed by atoms with Crippen molar-refractivity contribution in [1.82, 2.24) is 4.90 Å². The van der Waals surface area contributed by atoms with Gasteiger partial charge >= 0.3 is 0 Å². The van der Waals surface area contributed by atoms with Gasteiger partial charge in [-0.2, -0.15) is 0 Å². The summed E-state index contributed by atoms with van der Waals surface area (Å²) in [5, 5.41) is 10.9. The zero-order valence-electron chi connectivity index (χ0n) is 11.6. The standard InChI is InChI=1S/C14H16F2N2O3/c1-17(9-5-3-2-4-6-9)14(19)10-7-11(15)12(16)8-13(10)18(20)21/h7-9H,2-6H2,1H3. The van der Waals surface area contributed by atoms with Gasteiger partial charge in [0.15, 0.2) is 11.6 Å². The fraction of sp³-hybridized carbons (Fsp3) is 0.500. The van der Waals surface area contributed by atoms with E-state index in [2.05, 4.69) is 0 Å². The summed E-state index contributed by atoms with van der Waals surface area (Å²) in [7, 11) is 1.54. The van der Waals surface area contributed by atoms with Gasteiger partial charge in [0, 0.05) is 13.1 Å². The molecule has 0 unspecified atom stereocenters. The van der Waals surface area contributed by atoms with Crippen LogP contribution in [0.1, 0.15) is 42.5 Å². The average molecular weight is 298 g/mol. The van der Waals surface area contributed by atoms with Gasteiger partial charge in [-0.25, -0.2) is 8.78 Å². The zero-order valence-corrected chi connectivity index (χ0v) is 11.6. The van der Waals surface area contributed by atoms with Gasteiger partial charge in [0.1, 0.15) is 5.56 Å². The third-order valence-electron chi connectivity index (χ3n) is 3.91. The molecule has 21 heavy (non-hydrogen) atoms. The molecule has 1 aliphatic rings. The molecule has 0 aliphatic heterocycles. The van der Waals surface area contributed by atoms with Gasteiger partial charge in [-0.15, -0.1) is 0 Å². The molecule has 114 valence electrons. The second kappa shape index (κ2) is 6.15. The topological polar surface area (TPSA) is 63.5 Å². The second-order valence-corrected chi connectivity index (χ2v) is 5.25. The number of benzene rings is 1. The normalized spacial score (nSPS) is 15.8. The molecule has 5 nitrogen and oxygen atoms in total. The Bertz CT molecular complexity index is 572. The van der Waals surface area contributed by atoms with E-state index in [9.17, 15) is 23.7 Å². The molecule has 1 aliphatic carbocycles. The van der Waals surface area contributed by atoms with Crippen molar-refractivity contribution in [3.8, 4) is 0 Å². The number of amides is 1. The molecular formula is C14H16F2N2O3. The fourth-order valence-electron chi connectivity index (χ4n) is 2.68. The summed E-state index contributed by atoms with van der Waals surface area (Å²) in [6.07, 6.45) is 4.72. The lowest BCUT2D eigenvalue weighted by Gasteiger charge is -2.31. The van der Waals surface area contributed by atoms with E-state index < -0.39 is 33.7 Å². The first kappa shape index (κ1) is 15.3. The van der Waals surface area contributed by atoms with Crippen LogP contribution >= 0.6 is 0 Å². The van der Waals surface area contributed by atoms with E-state index in [0.717, 1.165) is 32.1 Å². The zero-order chi connectivity index (χ0) is 15.6. The van der Waals surface area contributed by atoms with Crippen molar-refractivity contribution in [2.45, 2.75) is 38.1 Å². The lowest BCUT2D eigenvalue weighted by Crippen LogP contribution is -2.38. The number of nitro benzene ring substituents is 1. The molecule has 0 N–H and O–H groups in total. The van der Waals surface area contributed by atoms with Crippen molar-refractivity contribution >= 4 is 11.6 Å². The first-order valence-electron chi connectivity index (χ1n) is 6.82. The predicted octanol–water partition coefficient (Wildman–Crippen LogP) is 3.28. The van der Waals surface area contributed by atoms with E-state index in [1.165, 1.54) is 4.90 Å². The van der Waals surface area contributed by atoms with Crippen molar-refractivity contribution in [2.24, 2.45) is 0 Å². The highest BCUT2D eigenvalue weighted by Crippen LogP contribution is 2.27. The summed E-state index contributed by atoms with van der Waals surface area (Å²) in [5.74, 6) is -3.24. The molecule has 0 heterocycles. The van der Waals surface area contributed by atoms with Crippen molar-refractivity contribution in [2.75, 3.05) is 7.05 Å². The minimum atomic E-state index is -1.33. The van der Waals surface area contributed by atoms with Crippen LogP contribution in [0.25, 0.3) is 0 Å². The fourth-order valence-corrected chi connectivity index (χ4v) is 2.68. The Kier molecular flexibility index (Phi) is 4.50. The summed E-state index contributed by atoms with van der Waals surface area (Å²) < 4.78 is 26.5. The first-order valence-corrected chi connectivity index (χ1v) is 6.82. The van der Waals surface area contributed by atoms with Gasteiger partial charge in [-0.05, 0) is 18.9 Å². The van der Waals surface area contributed by atoms with E-state index in [1.54, 1.807) is 7.05 Å². The van der Waals surface area contributed by atoms with Crippen LogP contribution in [0.15, 0.2) is 12.1 Å². The summed E-state index contributed by atoms with van der Waals surface area (Å²) in [6.45, 7) is 0. The average Bonchev–Trinajstić information content (AvgIpc) is 2.48. The molecule has 2 rings (SSSR count). The highest BCUT2D eigenvalue weighted by Gasteiger charge is 2.29. The second-order valence-electron chi connectivity index (χ2n) is 5.25. The van der Waals surface area contributed by atoms with Gasteiger partial charge in [-0.1, -0.05) is 19.3 Å². The summed E-state index contributed by atoms with van der Waals surface area (Å²) in [5.41, 5.74) is -1.12. The van der Waals surface area contributed by atoms with Crippen LogP contribution in [-0.2, 0) is 0 Å². The quantitative estimate of drug-likeness (QED) is 0.635. The van der Waals surface area contributed by atoms with Gasteiger partial charge < -0.3 is 4.90 Å². The van der Waals surface area contributed by atoms with Crippen LogP contribution in [0, 0.1) is 21.7 Å². The van der Waals surface area contributed by atoms with E-state index >= 15 is 0 Å². The minimum Gasteiger partial charge on any atom is -0.339 e. The number of nitro groups is 1. The Balaban J connectivity index is 2.33. The molecule has 0 spiro atoms. The van der Waals surface area contributed by atoms with Crippen LogP contribution < -0.4 is 0 Å². The SMILES string of the molecule is CN(C(=O)c1cc(F)c(F)cc1[N+](=O)[O-])C1CCCCC1. The predicted molar refractivity (Wildman–Crippen MR) is 72.0 cm³/mol. The monoisotopic (exact) mass is 298 g/mol. The lowest BCUT2D eigenvalue weighted by atomic mass is 9.94. The molecule has 1 amide bonds. The highest BCUT2D eigenvalue weighted by atomic mass is 19.2. The lowest BCUT2D eigenvalue weighted by molar-refractivity contribution is -0.385. The molecule has 0 saturated heterocycles. The third kappa shape index (κ3) is 3.17. The maximum atomic E-state index is 13.3. The van der Waals surface area contributed by atoms with E-state index in [1.807, 2.05) is 0 Å². The summed E-state index contributed by atoms with van der Waals surface area (Å²) >= 11 is 0. The largest absolute Gasteiger partial charge is 0.339 e. The smallest absolute Gasteiger partial charge is 0.285 e. The number of nitrogens with zero attached hydrogens (tertiary/aromatic N) is 2. The van der Waals surface area contributed by atoms with Crippen LogP contribution in [0.2, 0.25) is 0 Å². The summed E-state index contributed by atoms with van der Waals surface area (Å²) in [4.78, 5) is 23.8. The molecule has 1 aromatic carbocycles. The van der Waals surface area contributed by atoms with E-state index in [0.29, 0.717) is 12.1 Å². The third-order valence-corrected chi connectivity index (χ3v) is 3.91. The molecule has 0 radical (unpaired) electrons. The molecule has 0 atom stereocenters. The Morgan fingerprint density at radius 1 is 1.24 bits per heavy atom. The van der Waals surface area contributed by atoms with Crippen molar-refractivity contribution < 1.29 is 18.5 Å². The Labute approximate surface area is 120 Å². The number of hydrogen-bond acceptors (Lipinski definition) is 3. The van der Waals surface area contributed by atoms with Gasteiger partial charge in [0.25, 0.3) is 11.6 Å². The van der Waals surface area contributed by atoms with Gasteiger partial charge in [0.05, 0.1) is 11.0 Å². The Morgan fingerprint density at radius 2 is 1.81 bits per heavy atom. The first-order chi connectivity index (χ1) is 9.91. The van der Waals surface area contributed by atoms with Crippen molar-refractivity contribution in [1.29, 1.82) is 0 Å². The maximum absolute atomic E-state index is 13.3. The Hall–Kier alpha value is -2.05. The molecule has 0 bridgehead atoms. The van der Waals surface area contributed by atoms with Crippen molar-refractivity contribution in [3.63, 3.8) is 0 Å². The van der Waals surface area contributed by atoms with Crippen molar-refractivity contribution in [3.05, 3.63) is 39.4 Å². The van der Waals surface area contributed by atoms with E-state index in [-0.39, 0.29) is 6.04 Å². The Morgan fingerprint density at radius 3 is 2.38 bits per heavy atom. The molecular weight excluding hydrogens is 282 g/mol. The maximum Gasteiger partial charge on any atom is 0.285 e. The van der Waals surface area contributed by atoms with E-state index in [4.69, 9.17) is 0 Å². The number of carbonyl (C=O) groups excluding carboxylic acids is 1. The van der Waals surface area contributed by atoms with Crippen LogP contribution in [0.5, 0.6) is 0 Å².